The molecule has 2 heterocycles. The molecular formula is C14H26N2O3. The highest BCUT2D eigenvalue weighted by atomic mass is 16.7. The molecule has 2 fully saturated rings. The summed E-state index contributed by atoms with van der Waals surface area (Å²) in [6.45, 7) is 7.98. The number of nitrogens with one attached hydrogen (secondary N) is 2. The molecule has 0 aliphatic carbocycles. The van der Waals surface area contributed by atoms with Crippen molar-refractivity contribution >= 4 is 5.91 Å². The Bertz CT molecular complexity index is 320. The van der Waals surface area contributed by atoms with Gasteiger partial charge in [-0.15, -0.1) is 0 Å². The van der Waals surface area contributed by atoms with E-state index in [2.05, 4.69) is 17.6 Å². The van der Waals surface area contributed by atoms with Crippen LogP contribution in [0, 0.1) is 5.92 Å². The largest absolute Gasteiger partial charge is 0.352 e. The zero-order chi connectivity index (χ0) is 13.9. The van der Waals surface area contributed by atoms with Gasteiger partial charge in [-0.2, -0.15) is 0 Å². The summed E-state index contributed by atoms with van der Waals surface area (Å²) in [5.74, 6) is 0.236. The quantitative estimate of drug-likeness (QED) is 0.801. The average Bonchev–Trinajstić information content (AvgIpc) is 2.75. The van der Waals surface area contributed by atoms with Gasteiger partial charge in [0.1, 0.15) is 6.10 Å². The van der Waals surface area contributed by atoms with Gasteiger partial charge >= 0.3 is 0 Å². The molecule has 2 N–H and O–H groups in total. The fraction of sp³-hybridized carbons (Fsp3) is 0.929. The van der Waals surface area contributed by atoms with Gasteiger partial charge in [-0.1, -0.05) is 13.3 Å². The minimum atomic E-state index is -0.522. The van der Waals surface area contributed by atoms with E-state index < -0.39 is 5.79 Å². The fourth-order valence-electron chi connectivity index (χ4n) is 2.77. The average molecular weight is 270 g/mol. The van der Waals surface area contributed by atoms with Gasteiger partial charge in [-0.05, 0) is 39.2 Å². The van der Waals surface area contributed by atoms with Crippen LogP contribution < -0.4 is 10.6 Å². The second-order valence-corrected chi connectivity index (χ2v) is 6.00. The number of carbonyl (C=O) groups is 1. The molecule has 3 atom stereocenters. The van der Waals surface area contributed by atoms with Crippen molar-refractivity contribution in [1.82, 2.24) is 10.6 Å². The van der Waals surface area contributed by atoms with E-state index in [1.807, 2.05) is 13.8 Å². The molecule has 0 spiro atoms. The number of piperidine rings is 1. The van der Waals surface area contributed by atoms with Crippen LogP contribution in [0.1, 0.15) is 40.0 Å². The highest BCUT2D eigenvalue weighted by Crippen LogP contribution is 2.22. The molecule has 2 aliphatic rings. The summed E-state index contributed by atoms with van der Waals surface area (Å²) >= 11 is 0. The van der Waals surface area contributed by atoms with Crippen molar-refractivity contribution in [3.05, 3.63) is 0 Å². The molecule has 0 aromatic carbocycles. The summed E-state index contributed by atoms with van der Waals surface area (Å²) in [5.41, 5.74) is 0. The van der Waals surface area contributed by atoms with Crippen LogP contribution in [-0.4, -0.2) is 43.5 Å². The Balaban J connectivity index is 1.72. The van der Waals surface area contributed by atoms with E-state index in [9.17, 15) is 4.79 Å². The Morgan fingerprint density at radius 3 is 2.89 bits per heavy atom. The first-order valence-corrected chi connectivity index (χ1v) is 7.33. The van der Waals surface area contributed by atoms with Gasteiger partial charge in [0.05, 0.1) is 12.6 Å². The highest BCUT2D eigenvalue weighted by molar-refractivity contribution is 5.81. The molecule has 19 heavy (non-hydrogen) atoms. The van der Waals surface area contributed by atoms with E-state index >= 15 is 0 Å². The number of rotatable bonds is 4. The second kappa shape index (κ2) is 6.20. The molecule has 3 unspecified atom stereocenters. The Hall–Kier alpha value is -0.650. The lowest BCUT2D eigenvalue weighted by Crippen LogP contribution is -2.50. The summed E-state index contributed by atoms with van der Waals surface area (Å²) in [7, 11) is 0. The van der Waals surface area contributed by atoms with Crippen molar-refractivity contribution in [2.45, 2.75) is 58.0 Å². The summed E-state index contributed by atoms with van der Waals surface area (Å²) in [6.07, 6.45) is 3.23. The van der Waals surface area contributed by atoms with Crippen LogP contribution in [0.2, 0.25) is 0 Å². The molecule has 0 aromatic heterocycles. The summed E-state index contributed by atoms with van der Waals surface area (Å²) in [5, 5.41) is 6.26. The summed E-state index contributed by atoms with van der Waals surface area (Å²) in [4.78, 5) is 12.1. The number of hydrogen-bond donors (Lipinski definition) is 2. The predicted molar refractivity (Wildman–Crippen MR) is 72.7 cm³/mol. The first kappa shape index (κ1) is 14.8. The smallest absolute Gasteiger partial charge is 0.237 e. The molecule has 0 aromatic rings. The minimum absolute atomic E-state index is 0.0375. The standard InChI is InChI=1S/C14H26N2O3/c1-4-10-5-6-15-12(7-10)13(17)16-8-11-9-18-14(2,3)19-11/h10-12,15H,4-9H2,1-3H3,(H,16,17). The van der Waals surface area contributed by atoms with Crippen LogP contribution in [0.3, 0.4) is 0 Å². The topological polar surface area (TPSA) is 59.6 Å². The van der Waals surface area contributed by atoms with Gasteiger partial charge in [0.25, 0.3) is 0 Å². The maximum atomic E-state index is 12.1. The molecule has 2 rings (SSSR count). The third-order valence-corrected chi connectivity index (χ3v) is 3.98. The first-order valence-electron chi connectivity index (χ1n) is 7.33. The number of ether oxygens (including phenoxy) is 2. The maximum absolute atomic E-state index is 12.1. The Labute approximate surface area is 115 Å². The van der Waals surface area contributed by atoms with Crippen LogP contribution in [0.25, 0.3) is 0 Å². The third-order valence-electron chi connectivity index (χ3n) is 3.98. The van der Waals surface area contributed by atoms with Crippen LogP contribution in [0.15, 0.2) is 0 Å². The van der Waals surface area contributed by atoms with E-state index in [4.69, 9.17) is 9.47 Å². The van der Waals surface area contributed by atoms with Crippen molar-refractivity contribution in [3.8, 4) is 0 Å². The lowest BCUT2D eigenvalue weighted by Gasteiger charge is -2.29. The van der Waals surface area contributed by atoms with Gasteiger partial charge in [0.2, 0.25) is 5.91 Å². The Kier molecular flexibility index (Phi) is 4.81. The molecule has 0 radical (unpaired) electrons. The van der Waals surface area contributed by atoms with Crippen LogP contribution in [0.5, 0.6) is 0 Å². The first-order chi connectivity index (χ1) is 9.00. The Morgan fingerprint density at radius 1 is 1.47 bits per heavy atom. The van der Waals surface area contributed by atoms with Gasteiger partial charge in [0, 0.05) is 6.54 Å². The zero-order valence-electron chi connectivity index (χ0n) is 12.2. The highest BCUT2D eigenvalue weighted by Gasteiger charge is 2.33. The Morgan fingerprint density at radius 2 is 2.26 bits per heavy atom. The molecule has 5 nitrogen and oxygen atoms in total. The third kappa shape index (κ3) is 4.16. The summed E-state index contributed by atoms with van der Waals surface area (Å²) < 4.78 is 11.1. The second-order valence-electron chi connectivity index (χ2n) is 6.00. The van der Waals surface area contributed by atoms with Gasteiger partial charge in [-0.25, -0.2) is 0 Å². The number of carbonyl (C=O) groups excluding carboxylic acids is 1. The molecule has 110 valence electrons. The maximum Gasteiger partial charge on any atom is 0.237 e. The van der Waals surface area contributed by atoms with E-state index in [-0.39, 0.29) is 18.1 Å². The summed E-state index contributed by atoms with van der Waals surface area (Å²) in [6, 6.07) is -0.0472. The van der Waals surface area contributed by atoms with Crippen molar-refractivity contribution in [2.75, 3.05) is 19.7 Å². The van der Waals surface area contributed by atoms with Crippen LogP contribution in [0.4, 0.5) is 0 Å². The molecule has 5 heteroatoms. The zero-order valence-corrected chi connectivity index (χ0v) is 12.2. The molecule has 0 saturated carbocycles. The molecular weight excluding hydrogens is 244 g/mol. The molecule has 2 aliphatic heterocycles. The fourth-order valence-corrected chi connectivity index (χ4v) is 2.77. The molecule has 0 bridgehead atoms. The monoisotopic (exact) mass is 270 g/mol. The minimum Gasteiger partial charge on any atom is -0.352 e. The SMILES string of the molecule is CCC1CCNC(C(=O)NCC2COC(C)(C)O2)C1. The number of amides is 1. The van der Waals surface area contributed by atoms with E-state index in [0.717, 1.165) is 19.4 Å². The van der Waals surface area contributed by atoms with Gasteiger partial charge < -0.3 is 20.1 Å². The number of hydrogen-bond acceptors (Lipinski definition) is 4. The van der Waals surface area contributed by atoms with E-state index in [0.29, 0.717) is 19.1 Å². The molecule has 2 saturated heterocycles. The van der Waals surface area contributed by atoms with Crippen molar-refractivity contribution in [2.24, 2.45) is 5.92 Å². The van der Waals surface area contributed by atoms with Crippen LogP contribution >= 0.6 is 0 Å². The van der Waals surface area contributed by atoms with E-state index in [1.54, 1.807) is 0 Å². The van der Waals surface area contributed by atoms with Crippen molar-refractivity contribution < 1.29 is 14.3 Å². The van der Waals surface area contributed by atoms with Crippen molar-refractivity contribution in [3.63, 3.8) is 0 Å². The van der Waals surface area contributed by atoms with Crippen molar-refractivity contribution in [1.29, 1.82) is 0 Å². The normalized spacial score (nSPS) is 34.2. The van der Waals surface area contributed by atoms with Gasteiger partial charge in [-0.3, -0.25) is 4.79 Å². The van der Waals surface area contributed by atoms with Gasteiger partial charge in [0.15, 0.2) is 5.79 Å². The lowest BCUT2D eigenvalue weighted by molar-refractivity contribution is -0.139. The molecule has 1 amide bonds. The lowest BCUT2D eigenvalue weighted by atomic mass is 9.90. The van der Waals surface area contributed by atoms with Crippen LogP contribution in [-0.2, 0) is 14.3 Å². The predicted octanol–water partition coefficient (Wildman–Crippen LogP) is 1.03. The van der Waals surface area contributed by atoms with E-state index in [1.165, 1.54) is 6.42 Å².